The van der Waals surface area contributed by atoms with Crippen LogP contribution in [0.2, 0.25) is 5.15 Å². The summed E-state index contributed by atoms with van der Waals surface area (Å²) in [6, 6.07) is 0.0447. The third-order valence-electron chi connectivity index (χ3n) is 3.79. The smallest absolute Gasteiger partial charge is 0.410 e. The second kappa shape index (κ2) is 6.62. The molecule has 2 aromatic rings. The fourth-order valence-electron chi connectivity index (χ4n) is 2.80. The van der Waals surface area contributed by atoms with Crippen LogP contribution >= 0.6 is 34.2 Å². The van der Waals surface area contributed by atoms with E-state index >= 15 is 0 Å². The van der Waals surface area contributed by atoms with Gasteiger partial charge in [-0.15, -0.1) is 0 Å². The van der Waals surface area contributed by atoms with Gasteiger partial charge in [-0.05, 0) is 56.2 Å². The molecule has 1 fully saturated rings. The fourth-order valence-corrected chi connectivity index (χ4v) is 3.91. The highest BCUT2D eigenvalue weighted by atomic mass is 127. The Morgan fingerprint density at radius 3 is 2.88 bits per heavy atom. The van der Waals surface area contributed by atoms with E-state index in [1.54, 1.807) is 4.90 Å². The van der Waals surface area contributed by atoms with Crippen molar-refractivity contribution in [2.24, 2.45) is 0 Å². The van der Waals surface area contributed by atoms with Gasteiger partial charge in [-0.25, -0.2) is 19.4 Å². The summed E-state index contributed by atoms with van der Waals surface area (Å²) in [6.07, 6.45) is 2.97. The Morgan fingerprint density at radius 1 is 1.42 bits per heavy atom. The summed E-state index contributed by atoms with van der Waals surface area (Å²) in [7, 11) is 0. The number of nitrogens with zero attached hydrogens (tertiary/aromatic N) is 5. The molecular weight excluding hydrogens is 445 g/mol. The number of rotatable bonds is 1. The summed E-state index contributed by atoms with van der Waals surface area (Å²) < 4.78 is 8.11. The van der Waals surface area contributed by atoms with Gasteiger partial charge in [0.1, 0.15) is 20.8 Å². The van der Waals surface area contributed by atoms with Crippen LogP contribution in [0, 0.1) is 3.70 Å². The van der Waals surface area contributed by atoms with Gasteiger partial charge in [-0.3, -0.25) is 0 Å². The van der Waals surface area contributed by atoms with Crippen LogP contribution in [-0.4, -0.2) is 49.4 Å². The molecule has 0 spiro atoms. The van der Waals surface area contributed by atoms with Crippen molar-refractivity contribution in [1.29, 1.82) is 0 Å². The predicted molar refractivity (Wildman–Crippen MR) is 99.1 cm³/mol. The van der Waals surface area contributed by atoms with Gasteiger partial charge in [0.25, 0.3) is 0 Å². The summed E-state index contributed by atoms with van der Waals surface area (Å²) >= 11 is 8.31. The summed E-state index contributed by atoms with van der Waals surface area (Å²) in [5.41, 5.74) is 0.203. The van der Waals surface area contributed by atoms with Gasteiger partial charge in [0.05, 0.1) is 11.4 Å². The van der Waals surface area contributed by atoms with Gasteiger partial charge in [0, 0.05) is 13.1 Å². The molecule has 1 amide bonds. The van der Waals surface area contributed by atoms with Gasteiger partial charge >= 0.3 is 6.09 Å². The Morgan fingerprint density at radius 2 is 2.17 bits per heavy atom. The summed E-state index contributed by atoms with van der Waals surface area (Å²) in [5.74, 6) is 0. The fraction of sp³-hybridized carbons (Fsp3) is 0.600. The molecule has 3 heterocycles. The van der Waals surface area contributed by atoms with Gasteiger partial charge in [0.2, 0.25) is 0 Å². The van der Waals surface area contributed by atoms with Gasteiger partial charge in [-0.1, -0.05) is 11.6 Å². The first-order chi connectivity index (χ1) is 11.3. The molecule has 0 bridgehead atoms. The van der Waals surface area contributed by atoms with E-state index < -0.39 is 5.60 Å². The normalized spacial score (nSPS) is 18.9. The Hall–Kier alpha value is -1.16. The lowest BCUT2D eigenvalue weighted by Gasteiger charge is -2.34. The number of ether oxygens (including phenoxy) is 1. The highest BCUT2D eigenvalue weighted by Gasteiger charge is 2.30. The molecule has 1 saturated heterocycles. The number of carbonyl (C=O) groups is 1. The molecule has 0 N–H and O–H groups in total. The van der Waals surface area contributed by atoms with E-state index in [1.165, 1.54) is 6.33 Å². The molecule has 0 aromatic carbocycles. The minimum atomic E-state index is -0.501. The molecular formula is C15H19ClIN5O2. The molecule has 1 atom stereocenters. The third kappa shape index (κ3) is 3.58. The standard InChI is InChI=1S/C15H19ClIN5O2/c1-15(2,3)24-14(23)21-6-4-5-9(7-21)22-13-10(12(17)20-22)11(16)18-8-19-13/h8-9H,4-7H2,1-3H3. The first-order valence-corrected chi connectivity index (χ1v) is 9.24. The van der Waals surface area contributed by atoms with Crippen LogP contribution in [-0.2, 0) is 4.74 Å². The molecule has 9 heteroatoms. The molecule has 1 aliphatic rings. The van der Waals surface area contributed by atoms with E-state index in [2.05, 4.69) is 37.7 Å². The first kappa shape index (κ1) is 17.7. The van der Waals surface area contributed by atoms with Gasteiger partial charge in [0.15, 0.2) is 5.65 Å². The number of fused-ring (bicyclic) bond motifs is 1. The number of piperidine rings is 1. The zero-order valence-electron chi connectivity index (χ0n) is 13.8. The second-order valence-corrected chi connectivity index (χ2v) is 8.20. The number of carbonyl (C=O) groups excluding carboxylic acids is 1. The van der Waals surface area contributed by atoms with Crippen molar-refractivity contribution in [2.75, 3.05) is 13.1 Å². The van der Waals surface area contributed by atoms with Crippen molar-refractivity contribution in [3.63, 3.8) is 0 Å². The van der Waals surface area contributed by atoms with Crippen LogP contribution < -0.4 is 0 Å². The largest absolute Gasteiger partial charge is 0.444 e. The lowest BCUT2D eigenvalue weighted by Crippen LogP contribution is -2.43. The number of halogens is 2. The number of hydrogen-bond donors (Lipinski definition) is 0. The van der Waals surface area contributed by atoms with Crippen LogP contribution in [0.4, 0.5) is 4.79 Å². The van der Waals surface area contributed by atoms with E-state index in [0.29, 0.717) is 23.9 Å². The maximum absolute atomic E-state index is 12.3. The summed E-state index contributed by atoms with van der Waals surface area (Å²) in [5, 5.41) is 5.74. The Labute approximate surface area is 158 Å². The Bertz CT molecular complexity index is 773. The Kier molecular flexibility index (Phi) is 4.87. The maximum Gasteiger partial charge on any atom is 0.410 e. The average molecular weight is 464 g/mol. The van der Waals surface area contributed by atoms with Crippen LogP contribution in [0.5, 0.6) is 0 Å². The topological polar surface area (TPSA) is 73.1 Å². The number of aromatic nitrogens is 4. The average Bonchev–Trinajstić information content (AvgIpc) is 2.84. The molecule has 0 saturated carbocycles. The van der Waals surface area contributed by atoms with Crippen molar-refractivity contribution in [3.05, 3.63) is 15.2 Å². The van der Waals surface area contributed by atoms with Crippen molar-refractivity contribution in [3.8, 4) is 0 Å². The molecule has 2 aromatic heterocycles. The highest BCUT2D eigenvalue weighted by Crippen LogP contribution is 2.30. The highest BCUT2D eigenvalue weighted by molar-refractivity contribution is 14.1. The molecule has 1 aliphatic heterocycles. The van der Waals surface area contributed by atoms with Crippen molar-refractivity contribution < 1.29 is 9.53 Å². The lowest BCUT2D eigenvalue weighted by atomic mass is 10.1. The van der Waals surface area contributed by atoms with Crippen LogP contribution in [0.3, 0.4) is 0 Å². The second-order valence-electron chi connectivity index (χ2n) is 6.82. The molecule has 0 aliphatic carbocycles. The molecule has 0 radical (unpaired) electrons. The molecule has 1 unspecified atom stereocenters. The zero-order chi connectivity index (χ0) is 17.5. The minimum absolute atomic E-state index is 0.0447. The number of hydrogen-bond acceptors (Lipinski definition) is 5. The van der Waals surface area contributed by atoms with Crippen molar-refractivity contribution in [2.45, 2.75) is 45.3 Å². The predicted octanol–water partition coefficient (Wildman–Crippen LogP) is 3.66. The van der Waals surface area contributed by atoms with E-state index in [0.717, 1.165) is 21.9 Å². The third-order valence-corrected chi connectivity index (χ3v) is 4.84. The van der Waals surface area contributed by atoms with Gasteiger partial charge < -0.3 is 9.64 Å². The Balaban J connectivity index is 1.86. The van der Waals surface area contributed by atoms with Gasteiger partial charge in [-0.2, -0.15) is 5.10 Å². The maximum atomic E-state index is 12.3. The molecule has 24 heavy (non-hydrogen) atoms. The monoisotopic (exact) mass is 463 g/mol. The minimum Gasteiger partial charge on any atom is -0.444 e. The number of likely N-dealkylation sites (tertiary alicyclic amines) is 1. The van der Waals surface area contributed by atoms with Crippen LogP contribution in [0.25, 0.3) is 11.0 Å². The van der Waals surface area contributed by atoms with E-state index in [9.17, 15) is 4.79 Å². The van der Waals surface area contributed by atoms with Crippen molar-refractivity contribution >= 4 is 51.3 Å². The van der Waals surface area contributed by atoms with Crippen LogP contribution in [0.15, 0.2) is 6.33 Å². The SMILES string of the molecule is CC(C)(C)OC(=O)N1CCCC(n2nc(I)c3c(Cl)ncnc32)C1. The molecule has 7 nitrogen and oxygen atoms in total. The first-order valence-electron chi connectivity index (χ1n) is 7.78. The van der Waals surface area contributed by atoms with E-state index in [1.807, 2.05) is 25.5 Å². The zero-order valence-corrected chi connectivity index (χ0v) is 16.7. The number of amides is 1. The molecule has 3 rings (SSSR count). The summed E-state index contributed by atoms with van der Waals surface area (Å²) in [6.45, 7) is 6.85. The summed E-state index contributed by atoms with van der Waals surface area (Å²) in [4.78, 5) is 22.4. The van der Waals surface area contributed by atoms with E-state index in [-0.39, 0.29) is 12.1 Å². The van der Waals surface area contributed by atoms with Crippen molar-refractivity contribution in [1.82, 2.24) is 24.6 Å². The molecule has 130 valence electrons. The lowest BCUT2D eigenvalue weighted by molar-refractivity contribution is 0.0169. The van der Waals surface area contributed by atoms with Crippen LogP contribution in [0.1, 0.15) is 39.7 Å². The quantitative estimate of drug-likeness (QED) is 0.477. The van der Waals surface area contributed by atoms with E-state index in [4.69, 9.17) is 16.3 Å².